The number of aromatic nitrogens is 1. The largest absolute Gasteiger partial charge is 0.450 e. The van der Waals surface area contributed by atoms with Crippen LogP contribution < -0.4 is 5.32 Å². The molecule has 0 aliphatic carbocycles. The Morgan fingerprint density at radius 3 is 2.68 bits per heavy atom. The number of thiazole rings is 1. The van der Waals surface area contributed by atoms with E-state index in [1.165, 1.54) is 11.3 Å². The third-order valence-electron chi connectivity index (χ3n) is 4.18. The van der Waals surface area contributed by atoms with Gasteiger partial charge in [0.05, 0.1) is 17.8 Å². The fraction of sp³-hybridized carbons (Fsp3) is 0.389. The van der Waals surface area contributed by atoms with E-state index >= 15 is 0 Å². The van der Waals surface area contributed by atoms with Crippen molar-refractivity contribution >= 4 is 23.3 Å². The number of amides is 2. The molecule has 1 aromatic heterocycles. The Morgan fingerprint density at radius 1 is 1.28 bits per heavy atom. The number of ether oxygens (including phenoxy) is 1. The predicted molar refractivity (Wildman–Crippen MR) is 96.6 cm³/mol. The van der Waals surface area contributed by atoms with Gasteiger partial charge in [0, 0.05) is 24.7 Å². The number of piperidine rings is 1. The first-order valence-electron chi connectivity index (χ1n) is 8.40. The molecule has 2 heterocycles. The number of rotatable bonds is 4. The molecular formula is C18H21N3O3S. The summed E-state index contributed by atoms with van der Waals surface area (Å²) in [6.45, 7) is 3.36. The van der Waals surface area contributed by atoms with E-state index in [0.29, 0.717) is 30.3 Å². The molecule has 1 N–H and O–H groups in total. The molecule has 1 aromatic carbocycles. The highest BCUT2D eigenvalue weighted by molar-refractivity contribution is 7.12. The van der Waals surface area contributed by atoms with E-state index in [1.54, 1.807) is 17.3 Å². The first kappa shape index (κ1) is 17.4. The van der Waals surface area contributed by atoms with Crippen LogP contribution in [0.2, 0.25) is 0 Å². The summed E-state index contributed by atoms with van der Waals surface area (Å²) in [4.78, 5) is 31.0. The highest BCUT2D eigenvalue weighted by Gasteiger charge is 2.26. The number of likely N-dealkylation sites (tertiary alicyclic amines) is 1. The number of nitrogens with one attached hydrogen (secondary N) is 1. The molecular weight excluding hydrogens is 338 g/mol. The second-order valence-corrected chi connectivity index (χ2v) is 6.68. The highest BCUT2D eigenvalue weighted by Crippen LogP contribution is 2.25. The second-order valence-electron chi connectivity index (χ2n) is 5.83. The van der Waals surface area contributed by atoms with Crippen molar-refractivity contribution in [3.8, 4) is 11.3 Å². The van der Waals surface area contributed by atoms with E-state index in [2.05, 4.69) is 10.3 Å². The first-order chi connectivity index (χ1) is 12.2. The average Bonchev–Trinajstić information content (AvgIpc) is 3.13. The third kappa shape index (κ3) is 4.17. The SMILES string of the molecule is CCOC(=O)N1CCC(NC(=O)c2scnc2-c2ccccc2)CC1. The maximum atomic E-state index is 12.6. The maximum absolute atomic E-state index is 12.6. The summed E-state index contributed by atoms with van der Waals surface area (Å²) >= 11 is 1.35. The Morgan fingerprint density at radius 2 is 2.00 bits per heavy atom. The van der Waals surface area contributed by atoms with Crippen molar-refractivity contribution in [2.75, 3.05) is 19.7 Å². The smallest absolute Gasteiger partial charge is 0.409 e. The standard InChI is InChI=1S/C18H21N3O3S/c1-2-24-18(23)21-10-8-14(9-11-21)20-17(22)16-15(19-12-25-16)13-6-4-3-5-7-13/h3-7,12,14H,2,8-11H2,1H3,(H,20,22). The van der Waals surface area contributed by atoms with Gasteiger partial charge >= 0.3 is 6.09 Å². The van der Waals surface area contributed by atoms with Crippen LogP contribution in [0.25, 0.3) is 11.3 Å². The number of carbonyl (C=O) groups excluding carboxylic acids is 2. The molecule has 2 aromatic rings. The topological polar surface area (TPSA) is 71.5 Å². The summed E-state index contributed by atoms with van der Waals surface area (Å²) in [7, 11) is 0. The molecule has 1 aliphatic heterocycles. The van der Waals surface area contributed by atoms with Gasteiger partial charge in [-0.05, 0) is 19.8 Å². The average molecular weight is 359 g/mol. The lowest BCUT2D eigenvalue weighted by molar-refractivity contribution is 0.0863. The molecule has 132 valence electrons. The number of hydrogen-bond acceptors (Lipinski definition) is 5. The highest BCUT2D eigenvalue weighted by atomic mass is 32.1. The van der Waals surface area contributed by atoms with Gasteiger partial charge in [0.2, 0.25) is 0 Å². The molecule has 2 amide bonds. The lowest BCUT2D eigenvalue weighted by Crippen LogP contribution is -2.46. The van der Waals surface area contributed by atoms with Crippen LogP contribution >= 0.6 is 11.3 Å². The molecule has 1 aliphatic rings. The number of benzene rings is 1. The van der Waals surface area contributed by atoms with E-state index in [4.69, 9.17) is 4.74 Å². The van der Waals surface area contributed by atoms with Gasteiger partial charge < -0.3 is 15.0 Å². The quantitative estimate of drug-likeness (QED) is 0.910. The van der Waals surface area contributed by atoms with Gasteiger partial charge in [-0.15, -0.1) is 11.3 Å². The van der Waals surface area contributed by atoms with E-state index in [0.717, 1.165) is 18.4 Å². The van der Waals surface area contributed by atoms with Crippen molar-refractivity contribution in [2.45, 2.75) is 25.8 Å². The van der Waals surface area contributed by atoms with Crippen LogP contribution in [-0.2, 0) is 4.74 Å². The summed E-state index contributed by atoms with van der Waals surface area (Å²) in [5.74, 6) is -0.101. The fourth-order valence-corrected chi connectivity index (χ4v) is 3.59. The summed E-state index contributed by atoms with van der Waals surface area (Å²) in [5, 5.41) is 3.08. The Hall–Kier alpha value is -2.41. The molecule has 1 saturated heterocycles. The Bertz CT molecular complexity index is 724. The molecule has 0 saturated carbocycles. The molecule has 0 spiro atoms. The third-order valence-corrected chi connectivity index (χ3v) is 5.00. The van der Waals surface area contributed by atoms with Gasteiger partial charge in [0.1, 0.15) is 4.88 Å². The van der Waals surface area contributed by atoms with Gasteiger partial charge in [-0.3, -0.25) is 4.79 Å². The zero-order valence-electron chi connectivity index (χ0n) is 14.1. The fourth-order valence-electron chi connectivity index (χ4n) is 2.88. The van der Waals surface area contributed by atoms with Gasteiger partial charge in [0.25, 0.3) is 5.91 Å². The lowest BCUT2D eigenvalue weighted by atomic mass is 10.0. The van der Waals surface area contributed by atoms with E-state index < -0.39 is 0 Å². The van der Waals surface area contributed by atoms with Crippen LogP contribution in [0.15, 0.2) is 35.8 Å². The van der Waals surface area contributed by atoms with Crippen molar-refractivity contribution in [3.05, 3.63) is 40.7 Å². The van der Waals surface area contributed by atoms with Crippen LogP contribution in [0.4, 0.5) is 4.79 Å². The summed E-state index contributed by atoms with van der Waals surface area (Å²) in [6, 6.07) is 9.76. The molecule has 1 fully saturated rings. The molecule has 7 heteroatoms. The van der Waals surface area contributed by atoms with Crippen LogP contribution in [0.3, 0.4) is 0 Å². The molecule has 0 bridgehead atoms. The summed E-state index contributed by atoms with van der Waals surface area (Å²) in [5.41, 5.74) is 3.35. The number of carbonyl (C=O) groups is 2. The molecule has 0 unspecified atom stereocenters. The van der Waals surface area contributed by atoms with Gasteiger partial charge in [-0.2, -0.15) is 0 Å². The van der Waals surface area contributed by atoms with Crippen LogP contribution in [0.1, 0.15) is 29.4 Å². The van der Waals surface area contributed by atoms with Gasteiger partial charge in [-0.25, -0.2) is 9.78 Å². The molecule has 3 rings (SSSR count). The van der Waals surface area contributed by atoms with E-state index in [1.807, 2.05) is 30.3 Å². The Labute approximate surface area is 150 Å². The second kappa shape index (κ2) is 8.11. The minimum atomic E-state index is -0.277. The van der Waals surface area contributed by atoms with E-state index in [-0.39, 0.29) is 18.0 Å². The predicted octanol–water partition coefficient (Wildman–Crippen LogP) is 3.16. The maximum Gasteiger partial charge on any atom is 0.409 e. The zero-order chi connectivity index (χ0) is 17.6. The van der Waals surface area contributed by atoms with Crippen molar-refractivity contribution in [1.82, 2.24) is 15.2 Å². The zero-order valence-corrected chi connectivity index (χ0v) is 14.9. The summed E-state index contributed by atoms with van der Waals surface area (Å²) in [6.07, 6.45) is 1.18. The lowest BCUT2D eigenvalue weighted by Gasteiger charge is -2.31. The molecule has 25 heavy (non-hydrogen) atoms. The van der Waals surface area contributed by atoms with Crippen LogP contribution in [-0.4, -0.2) is 47.6 Å². The van der Waals surface area contributed by atoms with Gasteiger partial charge in [-0.1, -0.05) is 30.3 Å². The Kier molecular flexibility index (Phi) is 5.65. The molecule has 0 atom stereocenters. The minimum Gasteiger partial charge on any atom is -0.450 e. The van der Waals surface area contributed by atoms with E-state index in [9.17, 15) is 9.59 Å². The first-order valence-corrected chi connectivity index (χ1v) is 9.28. The Balaban J connectivity index is 1.60. The number of nitrogens with zero attached hydrogens (tertiary/aromatic N) is 2. The molecule has 6 nitrogen and oxygen atoms in total. The van der Waals surface area contributed by atoms with Crippen molar-refractivity contribution < 1.29 is 14.3 Å². The monoisotopic (exact) mass is 359 g/mol. The van der Waals surface area contributed by atoms with Crippen LogP contribution in [0, 0.1) is 0 Å². The molecule has 0 radical (unpaired) electrons. The van der Waals surface area contributed by atoms with Crippen molar-refractivity contribution in [1.29, 1.82) is 0 Å². The van der Waals surface area contributed by atoms with Crippen molar-refractivity contribution in [3.63, 3.8) is 0 Å². The van der Waals surface area contributed by atoms with Gasteiger partial charge in [0.15, 0.2) is 0 Å². The normalized spacial score (nSPS) is 15.0. The van der Waals surface area contributed by atoms with Crippen LogP contribution in [0.5, 0.6) is 0 Å². The number of hydrogen-bond donors (Lipinski definition) is 1. The van der Waals surface area contributed by atoms with Crippen molar-refractivity contribution in [2.24, 2.45) is 0 Å². The minimum absolute atomic E-state index is 0.0592. The summed E-state index contributed by atoms with van der Waals surface area (Å²) < 4.78 is 5.01.